The van der Waals surface area contributed by atoms with Crippen LogP contribution in [-0.2, 0) is 9.59 Å². The number of para-hydroxylation sites is 2. The molecule has 278 valence electrons. The molecule has 0 bridgehead atoms. The molecule has 2 atom stereocenters. The summed E-state index contributed by atoms with van der Waals surface area (Å²) in [7, 11) is 2.17. The van der Waals surface area contributed by atoms with Gasteiger partial charge in [0.15, 0.2) is 0 Å². The van der Waals surface area contributed by atoms with Crippen molar-refractivity contribution in [1.82, 2.24) is 9.80 Å². The standard InChI is InChI=1S/C20H32N2O.C16H24N2O.C5H11Br.CH4/c1-4-20(23)22(19-10-6-5-7-11-19)16-18-9-8-13-21(15-18)14-12-17(2)3;1-3-16(19)18(15-9-5-4-6-10-15)13-14-8-7-11-17(2)12-14;1-5(2)3-4-6;/h5-7,10-11,17-18H,4,8-9,12-16H2,1-3H3;4-6,9-10,14H,3,7-8,11-13H2,1-2H3;5H,3-4H2,1-2H3;1H4/t18-;14-;;/m11../s1. The highest BCUT2D eigenvalue weighted by Crippen LogP contribution is 2.24. The maximum Gasteiger partial charge on any atom is 0.226 e. The fraction of sp³-hybridized carbons (Fsp3) is 0.667. The number of hydrogen-bond donors (Lipinski definition) is 0. The second-order valence-corrected chi connectivity index (χ2v) is 15.3. The van der Waals surface area contributed by atoms with Gasteiger partial charge in [0.1, 0.15) is 0 Å². The van der Waals surface area contributed by atoms with Gasteiger partial charge >= 0.3 is 0 Å². The van der Waals surface area contributed by atoms with E-state index in [0.717, 1.165) is 54.7 Å². The Morgan fingerprint density at radius 1 is 0.735 bits per heavy atom. The first-order valence-electron chi connectivity index (χ1n) is 18.7. The van der Waals surface area contributed by atoms with Crippen molar-refractivity contribution in [3.8, 4) is 0 Å². The van der Waals surface area contributed by atoms with Crippen LogP contribution in [0.15, 0.2) is 60.7 Å². The summed E-state index contributed by atoms with van der Waals surface area (Å²) in [5.41, 5.74) is 2.07. The summed E-state index contributed by atoms with van der Waals surface area (Å²) in [6.45, 7) is 20.4. The summed E-state index contributed by atoms with van der Waals surface area (Å²) in [6, 6.07) is 20.2. The minimum Gasteiger partial charge on any atom is -0.312 e. The van der Waals surface area contributed by atoms with E-state index in [-0.39, 0.29) is 19.2 Å². The van der Waals surface area contributed by atoms with Gasteiger partial charge in [-0.1, -0.05) is 101 Å². The van der Waals surface area contributed by atoms with Crippen molar-refractivity contribution in [3.63, 3.8) is 0 Å². The topological polar surface area (TPSA) is 47.1 Å². The molecule has 0 aromatic heterocycles. The summed E-state index contributed by atoms with van der Waals surface area (Å²) in [6.07, 6.45) is 8.65. The van der Waals surface area contributed by atoms with Crippen molar-refractivity contribution >= 4 is 39.1 Å². The molecule has 2 aliphatic rings. The van der Waals surface area contributed by atoms with E-state index in [1.807, 2.05) is 84.3 Å². The van der Waals surface area contributed by atoms with Gasteiger partial charge in [-0.15, -0.1) is 0 Å². The van der Waals surface area contributed by atoms with Crippen molar-refractivity contribution in [3.05, 3.63) is 60.7 Å². The van der Waals surface area contributed by atoms with Gasteiger partial charge in [0.2, 0.25) is 11.8 Å². The van der Waals surface area contributed by atoms with Crippen molar-refractivity contribution < 1.29 is 9.59 Å². The van der Waals surface area contributed by atoms with Crippen LogP contribution in [0, 0.1) is 23.7 Å². The Labute approximate surface area is 310 Å². The smallest absolute Gasteiger partial charge is 0.226 e. The maximum atomic E-state index is 12.4. The van der Waals surface area contributed by atoms with E-state index in [4.69, 9.17) is 0 Å². The number of amides is 2. The Morgan fingerprint density at radius 2 is 1.18 bits per heavy atom. The van der Waals surface area contributed by atoms with Crippen LogP contribution in [0.25, 0.3) is 0 Å². The van der Waals surface area contributed by atoms with E-state index in [1.165, 1.54) is 58.2 Å². The van der Waals surface area contributed by atoms with E-state index in [2.05, 4.69) is 60.5 Å². The molecule has 4 rings (SSSR count). The first-order chi connectivity index (χ1) is 23.1. The molecule has 0 radical (unpaired) electrons. The van der Waals surface area contributed by atoms with E-state index < -0.39 is 0 Å². The van der Waals surface area contributed by atoms with Crippen LogP contribution in [-0.4, -0.2) is 79.8 Å². The molecule has 2 aromatic carbocycles. The van der Waals surface area contributed by atoms with E-state index in [0.29, 0.717) is 24.7 Å². The normalized spacial score (nSPS) is 18.0. The van der Waals surface area contributed by atoms with Crippen LogP contribution < -0.4 is 9.80 Å². The first kappa shape index (κ1) is 44.8. The zero-order valence-corrected chi connectivity index (χ0v) is 33.0. The van der Waals surface area contributed by atoms with Gasteiger partial charge in [-0.2, -0.15) is 0 Å². The third kappa shape index (κ3) is 18.0. The zero-order valence-electron chi connectivity index (χ0n) is 31.4. The number of alkyl halides is 1. The predicted octanol–water partition coefficient (Wildman–Crippen LogP) is 10.0. The molecule has 49 heavy (non-hydrogen) atoms. The Kier molecular flexibility index (Phi) is 23.5. The fourth-order valence-corrected chi connectivity index (χ4v) is 7.32. The monoisotopic (exact) mass is 742 g/mol. The number of piperidine rings is 2. The second kappa shape index (κ2) is 25.7. The molecule has 6 nitrogen and oxygen atoms in total. The molecule has 2 heterocycles. The minimum atomic E-state index is 0. The molecule has 2 aromatic rings. The van der Waals surface area contributed by atoms with Crippen LogP contribution >= 0.6 is 15.9 Å². The highest BCUT2D eigenvalue weighted by Gasteiger charge is 2.25. The Hall–Kier alpha value is -2.22. The second-order valence-electron chi connectivity index (χ2n) is 14.5. The van der Waals surface area contributed by atoms with Gasteiger partial charge in [0.05, 0.1) is 0 Å². The van der Waals surface area contributed by atoms with Crippen molar-refractivity contribution in [2.75, 3.05) is 68.0 Å². The zero-order chi connectivity index (χ0) is 35.3. The Morgan fingerprint density at radius 3 is 1.57 bits per heavy atom. The molecule has 2 aliphatic heterocycles. The average Bonchev–Trinajstić information content (AvgIpc) is 3.09. The van der Waals surface area contributed by atoms with Crippen LogP contribution in [0.2, 0.25) is 0 Å². The number of likely N-dealkylation sites (tertiary alicyclic amines) is 2. The van der Waals surface area contributed by atoms with Crippen molar-refractivity contribution in [2.45, 2.75) is 100 Å². The maximum absolute atomic E-state index is 12.4. The lowest BCUT2D eigenvalue weighted by atomic mass is 9.96. The predicted molar refractivity (Wildman–Crippen MR) is 217 cm³/mol. The molecule has 0 N–H and O–H groups in total. The Balaban J connectivity index is 0.000000418. The number of halogens is 1. The molecule has 0 unspecified atom stereocenters. The molecule has 2 fully saturated rings. The lowest BCUT2D eigenvalue weighted by Gasteiger charge is -2.36. The van der Waals surface area contributed by atoms with Crippen molar-refractivity contribution in [2.24, 2.45) is 23.7 Å². The number of nitrogens with zero attached hydrogens (tertiary/aromatic N) is 4. The number of rotatable bonds is 13. The number of carbonyl (C=O) groups excluding carboxylic acids is 2. The van der Waals surface area contributed by atoms with Crippen molar-refractivity contribution in [1.29, 1.82) is 0 Å². The lowest BCUT2D eigenvalue weighted by molar-refractivity contribution is -0.119. The van der Waals surface area contributed by atoms with Crippen LogP contribution in [0.1, 0.15) is 100 Å². The first-order valence-corrected chi connectivity index (χ1v) is 19.9. The van der Waals surface area contributed by atoms with Crippen LogP contribution in [0.4, 0.5) is 11.4 Å². The molecular weight excluding hydrogens is 672 g/mol. The largest absolute Gasteiger partial charge is 0.312 e. The molecule has 0 aliphatic carbocycles. The molecule has 0 saturated carbocycles. The molecule has 2 saturated heterocycles. The summed E-state index contributed by atoms with van der Waals surface area (Å²) in [5, 5.41) is 1.14. The Bertz CT molecular complexity index is 1130. The van der Waals surface area contributed by atoms with E-state index >= 15 is 0 Å². The van der Waals surface area contributed by atoms with Gasteiger partial charge < -0.3 is 19.6 Å². The van der Waals surface area contributed by atoms with Gasteiger partial charge in [0.25, 0.3) is 0 Å². The summed E-state index contributed by atoms with van der Waals surface area (Å²) in [4.78, 5) is 33.5. The van der Waals surface area contributed by atoms with Crippen LogP contribution in [0.5, 0.6) is 0 Å². The van der Waals surface area contributed by atoms with Gasteiger partial charge in [-0.05, 0) is 113 Å². The highest BCUT2D eigenvalue weighted by atomic mass is 79.9. The summed E-state index contributed by atoms with van der Waals surface area (Å²) in [5.74, 6) is 3.25. The molecule has 0 spiro atoms. The number of benzene rings is 2. The summed E-state index contributed by atoms with van der Waals surface area (Å²) >= 11 is 3.35. The van der Waals surface area contributed by atoms with Crippen LogP contribution in [0.3, 0.4) is 0 Å². The number of hydrogen-bond acceptors (Lipinski definition) is 4. The van der Waals surface area contributed by atoms with Gasteiger partial charge in [0, 0.05) is 55.7 Å². The third-order valence-electron chi connectivity index (χ3n) is 9.26. The molecule has 7 heteroatoms. The number of carbonyl (C=O) groups is 2. The van der Waals surface area contributed by atoms with E-state index in [9.17, 15) is 9.59 Å². The number of anilines is 2. The highest BCUT2D eigenvalue weighted by molar-refractivity contribution is 9.09. The fourth-order valence-electron chi connectivity index (χ4n) is 6.40. The van der Waals surface area contributed by atoms with Gasteiger partial charge in [-0.3, -0.25) is 9.59 Å². The molecular formula is C42H71BrN4O2. The van der Waals surface area contributed by atoms with Gasteiger partial charge in [-0.25, -0.2) is 0 Å². The average molecular weight is 744 g/mol. The third-order valence-corrected chi connectivity index (χ3v) is 9.72. The minimum absolute atomic E-state index is 0. The lowest BCUT2D eigenvalue weighted by Crippen LogP contribution is -2.43. The molecule has 2 amide bonds. The van der Waals surface area contributed by atoms with E-state index in [1.54, 1.807) is 0 Å². The quantitative estimate of drug-likeness (QED) is 0.192. The summed E-state index contributed by atoms with van der Waals surface area (Å²) < 4.78 is 0. The SMILES string of the molecule is C.CC(C)CCBr.CCC(=O)N(C[C@@H]1CCCN(C)C1)c1ccccc1.CCC(=O)N(C[C@@H]1CCCN(CCC(C)C)C1)c1ccccc1.